The number of phenols is 7. The van der Waals surface area contributed by atoms with Gasteiger partial charge in [-0.05, 0) is 70.8 Å². The summed E-state index contributed by atoms with van der Waals surface area (Å²) in [5.41, 5.74) is 0.720. The smallest absolute Gasteiger partial charge is 0.333 e. The Kier molecular flexibility index (Phi) is 11.3. The zero-order valence-corrected chi connectivity index (χ0v) is 27.4. The maximum absolute atomic E-state index is 12.3. The van der Waals surface area contributed by atoms with Gasteiger partial charge in [0.25, 0.3) is 0 Å². The van der Waals surface area contributed by atoms with E-state index in [0.29, 0.717) is 11.8 Å². The molecule has 0 aliphatic carbocycles. The van der Waals surface area contributed by atoms with Crippen molar-refractivity contribution >= 4 is 24.3 Å². The molecule has 0 amide bonds. The predicted octanol–water partition coefficient (Wildman–Crippen LogP) is 3.17. The molecule has 5 rings (SSSR count). The Morgan fingerprint density at radius 1 is 0.698 bits per heavy atom. The van der Waals surface area contributed by atoms with Crippen molar-refractivity contribution in [3.8, 4) is 46.0 Å². The van der Waals surface area contributed by atoms with Gasteiger partial charge in [-0.2, -0.15) is 0 Å². The zero-order valence-electron chi connectivity index (χ0n) is 27.4. The van der Waals surface area contributed by atoms with Crippen molar-refractivity contribution in [2.24, 2.45) is 0 Å². The van der Waals surface area contributed by atoms with Crippen molar-refractivity contribution in [3.63, 3.8) is 0 Å². The van der Waals surface area contributed by atoms with Gasteiger partial charge in [-0.1, -0.05) is 24.3 Å². The number of carbonyl (C=O) groups excluding carboxylic acids is 1. The summed E-state index contributed by atoms with van der Waals surface area (Å²) < 4.78 is 17.3. The molecule has 1 aliphatic heterocycles. The average Bonchev–Trinajstić information content (AvgIpc) is 3.53. The van der Waals surface area contributed by atoms with E-state index in [4.69, 9.17) is 14.2 Å². The normalized spacial score (nSPS) is 17.0. The van der Waals surface area contributed by atoms with E-state index in [2.05, 4.69) is 0 Å². The molecule has 0 fully saturated rings. The molecule has 278 valence electrons. The van der Waals surface area contributed by atoms with Crippen molar-refractivity contribution in [1.29, 1.82) is 0 Å². The highest BCUT2D eigenvalue weighted by atomic mass is 16.6. The van der Waals surface area contributed by atoms with Gasteiger partial charge in [-0.3, -0.25) is 4.79 Å². The van der Waals surface area contributed by atoms with E-state index in [1.807, 2.05) is 0 Å². The summed E-state index contributed by atoms with van der Waals surface area (Å²) in [4.78, 5) is 36.5. The van der Waals surface area contributed by atoms with Gasteiger partial charge in [0.15, 0.2) is 64.5 Å². The number of aliphatic hydroxyl groups excluding tert-OH is 1. The Bertz CT molecular complexity index is 2060. The van der Waals surface area contributed by atoms with Gasteiger partial charge in [-0.25, -0.2) is 9.59 Å². The Labute approximate surface area is 299 Å². The summed E-state index contributed by atoms with van der Waals surface area (Å²) in [6.45, 7) is -0.555. The molecule has 1 unspecified atom stereocenters. The second kappa shape index (κ2) is 15.8. The molecule has 0 radical (unpaired) electrons. The number of ether oxygens (including phenoxy) is 3. The lowest BCUT2D eigenvalue weighted by atomic mass is 9.86. The number of aromatic hydroxyl groups is 7. The van der Waals surface area contributed by atoms with Crippen molar-refractivity contribution in [2.45, 2.75) is 43.4 Å². The topological polar surface area (TPSA) is 281 Å². The van der Waals surface area contributed by atoms with Crippen LogP contribution in [0.2, 0.25) is 0 Å². The Morgan fingerprint density at radius 3 is 1.75 bits per heavy atom. The first-order valence-electron chi connectivity index (χ1n) is 15.8. The molecule has 4 aromatic carbocycles. The summed E-state index contributed by atoms with van der Waals surface area (Å²) in [5.74, 6) is -7.82. The highest BCUT2D eigenvalue weighted by Crippen LogP contribution is 2.54. The molecule has 5 atom stereocenters. The van der Waals surface area contributed by atoms with Crippen LogP contribution in [0.5, 0.6) is 46.0 Å². The van der Waals surface area contributed by atoms with Gasteiger partial charge < -0.3 is 65.3 Å². The largest absolute Gasteiger partial charge is 0.504 e. The third-order valence-corrected chi connectivity index (χ3v) is 8.47. The fourth-order valence-corrected chi connectivity index (χ4v) is 5.82. The van der Waals surface area contributed by atoms with E-state index in [-0.39, 0.29) is 46.4 Å². The first-order chi connectivity index (χ1) is 25.2. The number of hydrogen-bond acceptors (Lipinski definition) is 14. The first-order valence-corrected chi connectivity index (χ1v) is 15.8. The number of phenolic OH excluding ortho intramolecular Hbond substituents is 7. The predicted molar refractivity (Wildman–Crippen MR) is 181 cm³/mol. The number of fused-ring (bicyclic) bond motifs is 1. The van der Waals surface area contributed by atoms with Crippen molar-refractivity contribution < 1.29 is 79.7 Å². The van der Waals surface area contributed by atoms with E-state index in [0.717, 1.165) is 30.3 Å². The van der Waals surface area contributed by atoms with E-state index >= 15 is 0 Å². The molecule has 0 aromatic heterocycles. The third-order valence-electron chi connectivity index (χ3n) is 8.47. The summed E-state index contributed by atoms with van der Waals surface area (Å²) in [7, 11) is 0. The van der Waals surface area contributed by atoms with Gasteiger partial charge in [0.2, 0.25) is 0 Å². The fraction of sp³-hybridized carbons (Fsp3) is 0.216. The highest BCUT2D eigenvalue weighted by molar-refractivity contribution is 5.84. The second-order valence-corrected chi connectivity index (χ2v) is 12.1. The lowest BCUT2D eigenvalue weighted by Gasteiger charge is -2.27. The number of aldehydes is 1. The molecule has 1 heterocycles. The quantitative estimate of drug-likeness (QED) is 0.0363. The number of carboxylic acids is 2. The molecule has 53 heavy (non-hydrogen) atoms. The van der Waals surface area contributed by atoms with Crippen LogP contribution in [0.1, 0.15) is 39.8 Å². The van der Waals surface area contributed by atoms with E-state index in [1.54, 1.807) is 0 Å². The molecule has 4 aromatic rings. The van der Waals surface area contributed by atoms with Crippen LogP contribution in [0, 0.1) is 0 Å². The minimum atomic E-state index is -2.04. The summed E-state index contributed by atoms with van der Waals surface area (Å²) >= 11 is 0. The highest BCUT2D eigenvalue weighted by Gasteiger charge is 2.45. The minimum absolute atomic E-state index is 0.0233. The number of benzene rings is 4. The van der Waals surface area contributed by atoms with Crippen LogP contribution in [0.4, 0.5) is 0 Å². The van der Waals surface area contributed by atoms with E-state index in [9.17, 15) is 65.4 Å². The van der Waals surface area contributed by atoms with Crippen LogP contribution in [-0.4, -0.2) is 94.4 Å². The van der Waals surface area contributed by atoms with Gasteiger partial charge in [0.1, 0.15) is 12.4 Å². The summed E-state index contributed by atoms with van der Waals surface area (Å²) in [6.07, 6.45) is -5.58. The van der Waals surface area contributed by atoms with Gasteiger partial charge in [-0.15, -0.1) is 0 Å². The summed E-state index contributed by atoms with van der Waals surface area (Å²) in [5, 5.41) is 101. The number of hydrogen-bond donors (Lipinski definition) is 10. The Morgan fingerprint density at radius 2 is 1.23 bits per heavy atom. The molecule has 16 heteroatoms. The van der Waals surface area contributed by atoms with E-state index < -0.39 is 89.3 Å². The first kappa shape index (κ1) is 37.8. The molecule has 0 bridgehead atoms. The van der Waals surface area contributed by atoms with Crippen molar-refractivity contribution in [2.75, 3.05) is 6.61 Å². The lowest BCUT2D eigenvalue weighted by Crippen LogP contribution is -2.35. The number of aliphatic hydroxyl groups is 1. The van der Waals surface area contributed by atoms with Crippen molar-refractivity contribution in [1.82, 2.24) is 0 Å². The molecule has 0 saturated carbocycles. The van der Waals surface area contributed by atoms with Crippen molar-refractivity contribution in [3.05, 3.63) is 100 Å². The SMILES string of the molecule is O=C/C(=C\c1ccc(O)c2c1C([C@@H](O)O[C@@H](Cc1ccc(O)c(O)c1)C(=O)O)[C@H](c1ccc(O)c(O)c1)O2)CO[C@H](Cc1ccc(O)c(O)c1)C(=O)O. The Hall–Kier alpha value is -6.49. The molecule has 0 saturated heterocycles. The monoisotopic (exact) mass is 734 g/mol. The number of carboxylic acid groups (broad SMARTS) is 2. The summed E-state index contributed by atoms with van der Waals surface area (Å²) in [6, 6.07) is 13.5. The fourth-order valence-electron chi connectivity index (χ4n) is 5.82. The Balaban J connectivity index is 1.50. The zero-order chi connectivity index (χ0) is 38.6. The lowest BCUT2D eigenvalue weighted by molar-refractivity contribution is -0.183. The molecule has 0 spiro atoms. The molecule has 16 nitrogen and oxygen atoms in total. The van der Waals surface area contributed by atoms with Crippen LogP contribution in [-0.2, 0) is 36.7 Å². The minimum Gasteiger partial charge on any atom is -0.504 e. The standard InChI is InChI=1S/C37H34O16/c38-15-19(16-51-29(35(46)47)12-17-1-5-22(39)26(43)10-17)9-20-3-8-25(42)34-31(20)32(33(53-34)21-4-7-24(41)28(45)14-21)37(50)52-30(36(48)49)13-18-2-6-23(40)27(44)11-18/h1-11,14-15,29-30,32-33,37,39-45,50H,12-13,16H2,(H,46,47)(H,48,49)/b19-9+/t29-,30+,32?,33+,37+/m1/s1. The third kappa shape index (κ3) is 8.53. The maximum Gasteiger partial charge on any atom is 0.333 e. The van der Waals surface area contributed by atoms with Gasteiger partial charge >= 0.3 is 11.9 Å². The van der Waals surface area contributed by atoms with Crippen LogP contribution in [0.3, 0.4) is 0 Å². The molecule has 1 aliphatic rings. The maximum atomic E-state index is 12.3. The van der Waals surface area contributed by atoms with Crippen LogP contribution in [0.15, 0.2) is 72.3 Å². The average molecular weight is 735 g/mol. The van der Waals surface area contributed by atoms with E-state index in [1.165, 1.54) is 42.5 Å². The number of rotatable bonds is 15. The molecular weight excluding hydrogens is 700 g/mol. The van der Waals surface area contributed by atoms with Gasteiger partial charge in [0.05, 0.1) is 12.5 Å². The molecular formula is C37H34O16. The van der Waals surface area contributed by atoms with Crippen LogP contribution < -0.4 is 4.74 Å². The second-order valence-electron chi connectivity index (χ2n) is 12.1. The van der Waals surface area contributed by atoms with Crippen LogP contribution >= 0.6 is 0 Å². The molecule has 10 N–H and O–H groups in total. The van der Waals surface area contributed by atoms with Crippen LogP contribution in [0.25, 0.3) is 6.08 Å². The van der Waals surface area contributed by atoms with Gasteiger partial charge in [0, 0.05) is 24.0 Å². The number of aliphatic carboxylic acids is 2. The number of carbonyl (C=O) groups is 3.